The maximum atomic E-state index is 13.2. The second kappa shape index (κ2) is 12.5. The van der Waals surface area contributed by atoms with Gasteiger partial charge in [-0.05, 0) is 54.1 Å². The van der Waals surface area contributed by atoms with Crippen LogP contribution in [0.5, 0.6) is 11.5 Å². The van der Waals surface area contributed by atoms with E-state index in [1.165, 1.54) is 12.3 Å². The number of amides is 2. The largest absolute Gasteiger partial charge is 0.486 e. The van der Waals surface area contributed by atoms with Crippen molar-refractivity contribution in [3.8, 4) is 11.5 Å². The molecule has 186 valence electrons. The molecule has 1 unspecified atom stereocenters. The van der Waals surface area contributed by atoms with Gasteiger partial charge in [0.1, 0.15) is 25.1 Å². The smallest absolute Gasteiger partial charge is 0.305 e. The van der Waals surface area contributed by atoms with Gasteiger partial charge in [-0.15, -0.1) is 0 Å². The molecule has 1 heterocycles. The fourth-order valence-corrected chi connectivity index (χ4v) is 3.11. The van der Waals surface area contributed by atoms with E-state index in [4.69, 9.17) is 25.0 Å². The summed E-state index contributed by atoms with van der Waals surface area (Å²) in [4.78, 5) is 25.4. The maximum Gasteiger partial charge on any atom is 0.305 e. The van der Waals surface area contributed by atoms with Crippen molar-refractivity contribution in [2.24, 2.45) is 5.73 Å². The second-order valence-electron chi connectivity index (χ2n) is 7.39. The Bertz CT molecular complexity index is 1220. The molecule has 6 N–H and O–H groups in total. The Morgan fingerprint density at radius 1 is 1.00 bits per heavy atom. The molecule has 0 aliphatic rings. The van der Waals surface area contributed by atoms with Gasteiger partial charge in [-0.1, -0.05) is 31.4 Å². The standard InChI is InChI=1S/C26H27N5O5/c1-3-13-34-20-12-9-18(16-22(20)35-14-4-2)23(29-19-10-7-17(8-11-19)24(27)28)26(33)31-30-25(32)21-6-5-15-36-21/h3-12,15-16,23,29H,1-2,13-14H2,(H3,27,28)(H,30,32)(H,31,33). The molecule has 0 radical (unpaired) electrons. The molecule has 1 atom stereocenters. The number of ether oxygens (including phenoxy) is 2. The number of hydrazine groups is 1. The fraction of sp³-hybridized carbons (Fsp3) is 0.115. The molecule has 0 saturated carbocycles. The SMILES string of the molecule is C=CCOc1ccc(C(Nc2ccc(C(=N)N)cc2)C(=O)NNC(=O)c2ccco2)cc1OCC=C. The van der Waals surface area contributed by atoms with Crippen LogP contribution in [0.15, 0.2) is 90.6 Å². The number of amidine groups is 1. The van der Waals surface area contributed by atoms with Crippen LogP contribution in [0.3, 0.4) is 0 Å². The van der Waals surface area contributed by atoms with E-state index in [-0.39, 0.29) is 24.8 Å². The first kappa shape index (κ1) is 25.6. The van der Waals surface area contributed by atoms with Gasteiger partial charge < -0.3 is 24.9 Å². The topological polar surface area (TPSA) is 152 Å². The van der Waals surface area contributed by atoms with Gasteiger partial charge in [0, 0.05) is 11.3 Å². The molecule has 2 aromatic carbocycles. The number of carbonyl (C=O) groups is 2. The number of nitrogen functional groups attached to an aromatic ring is 1. The van der Waals surface area contributed by atoms with Gasteiger partial charge in [0.25, 0.3) is 5.91 Å². The zero-order valence-corrected chi connectivity index (χ0v) is 19.5. The summed E-state index contributed by atoms with van der Waals surface area (Å²) < 4.78 is 16.4. The van der Waals surface area contributed by atoms with Crippen LogP contribution in [-0.4, -0.2) is 30.9 Å². The lowest BCUT2D eigenvalue weighted by Crippen LogP contribution is -2.45. The highest BCUT2D eigenvalue weighted by atomic mass is 16.5. The van der Waals surface area contributed by atoms with Crippen LogP contribution in [0.25, 0.3) is 0 Å². The Labute approximate surface area is 208 Å². The van der Waals surface area contributed by atoms with Gasteiger partial charge in [-0.3, -0.25) is 25.8 Å². The van der Waals surface area contributed by atoms with Gasteiger partial charge in [0.05, 0.1) is 6.26 Å². The van der Waals surface area contributed by atoms with E-state index in [9.17, 15) is 9.59 Å². The number of benzene rings is 2. The monoisotopic (exact) mass is 489 g/mol. The highest BCUT2D eigenvalue weighted by molar-refractivity contribution is 5.96. The van der Waals surface area contributed by atoms with Gasteiger partial charge in [0.15, 0.2) is 17.3 Å². The summed E-state index contributed by atoms with van der Waals surface area (Å²) in [7, 11) is 0. The molecular formula is C26H27N5O5. The highest BCUT2D eigenvalue weighted by Crippen LogP contribution is 2.32. The predicted molar refractivity (Wildman–Crippen MR) is 136 cm³/mol. The Morgan fingerprint density at radius 3 is 2.31 bits per heavy atom. The van der Waals surface area contributed by atoms with Crippen molar-refractivity contribution in [3.63, 3.8) is 0 Å². The van der Waals surface area contributed by atoms with E-state index in [1.807, 2.05) is 0 Å². The van der Waals surface area contributed by atoms with Crippen molar-refractivity contribution >= 4 is 23.3 Å². The van der Waals surface area contributed by atoms with Gasteiger partial charge in [-0.2, -0.15) is 0 Å². The first-order valence-corrected chi connectivity index (χ1v) is 10.9. The normalized spacial score (nSPS) is 11.0. The van der Waals surface area contributed by atoms with Crippen LogP contribution in [0.1, 0.15) is 27.7 Å². The molecule has 10 nitrogen and oxygen atoms in total. The number of nitrogens with two attached hydrogens (primary N) is 1. The van der Waals surface area contributed by atoms with Gasteiger partial charge in [-0.25, -0.2) is 0 Å². The van der Waals surface area contributed by atoms with Crippen molar-refractivity contribution in [2.75, 3.05) is 18.5 Å². The third-order valence-corrected chi connectivity index (χ3v) is 4.83. The zero-order valence-electron chi connectivity index (χ0n) is 19.5. The molecule has 0 saturated heterocycles. The van der Waals surface area contributed by atoms with Crippen molar-refractivity contribution in [1.82, 2.24) is 10.9 Å². The lowest BCUT2D eigenvalue weighted by atomic mass is 10.0. The molecule has 0 bridgehead atoms. The Hall–Kier alpha value is -4.99. The molecule has 10 heteroatoms. The minimum atomic E-state index is -0.954. The van der Waals surface area contributed by atoms with Crippen LogP contribution >= 0.6 is 0 Å². The van der Waals surface area contributed by atoms with Crippen molar-refractivity contribution in [1.29, 1.82) is 5.41 Å². The summed E-state index contributed by atoms with van der Waals surface area (Å²) in [6, 6.07) is 13.8. The van der Waals surface area contributed by atoms with Crippen LogP contribution in [-0.2, 0) is 4.79 Å². The maximum absolute atomic E-state index is 13.2. The number of anilines is 1. The zero-order chi connectivity index (χ0) is 25.9. The van der Waals surface area contributed by atoms with E-state index >= 15 is 0 Å². The number of hydrogen-bond donors (Lipinski definition) is 5. The minimum absolute atomic E-state index is 0.0449. The molecular weight excluding hydrogens is 462 g/mol. The lowest BCUT2D eigenvalue weighted by molar-refractivity contribution is -0.122. The summed E-state index contributed by atoms with van der Waals surface area (Å²) >= 11 is 0. The predicted octanol–water partition coefficient (Wildman–Crippen LogP) is 3.31. The minimum Gasteiger partial charge on any atom is -0.486 e. The first-order valence-electron chi connectivity index (χ1n) is 10.9. The molecule has 0 aliphatic heterocycles. The van der Waals surface area contributed by atoms with E-state index in [1.54, 1.807) is 60.7 Å². The van der Waals surface area contributed by atoms with Crippen LogP contribution in [0.4, 0.5) is 5.69 Å². The summed E-state index contributed by atoms with van der Waals surface area (Å²) in [5, 5.41) is 10.7. The second-order valence-corrected chi connectivity index (χ2v) is 7.39. The van der Waals surface area contributed by atoms with Crippen LogP contribution in [0.2, 0.25) is 0 Å². The molecule has 2 amide bonds. The first-order chi connectivity index (χ1) is 17.4. The quantitative estimate of drug-likeness (QED) is 0.113. The van der Waals surface area contributed by atoms with Crippen molar-refractivity contribution in [3.05, 3.63) is 103 Å². The summed E-state index contributed by atoms with van der Waals surface area (Å²) in [5.41, 5.74) is 11.9. The molecule has 3 rings (SSSR count). The molecule has 0 aliphatic carbocycles. The van der Waals surface area contributed by atoms with E-state index in [0.29, 0.717) is 28.3 Å². The van der Waals surface area contributed by atoms with E-state index < -0.39 is 17.9 Å². The number of nitrogens with one attached hydrogen (secondary N) is 4. The third kappa shape index (κ3) is 6.76. The van der Waals surface area contributed by atoms with Crippen LogP contribution < -0.4 is 31.4 Å². The Balaban J connectivity index is 1.89. The number of rotatable bonds is 12. The average molecular weight is 490 g/mol. The van der Waals surface area contributed by atoms with Crippen molar-refractivity contribution < 1.29 is 23.5 Å². The molecule has 3 aromatic rings. The van der Waals surface area contributed by atoms with E-state index in [2.05, 4.69) is 29.3 Å². The summed E-state index contributed by atoms with van der Waals surface area (Å²) in [6.07, 6.45) is 4.55. The average Bonchev–Trinajstić information content (AvgIpc) is 3.43. The fourth-order valence-electron chi connectivity index (χ4n) is 3.11. The van der Waals surface area contributed by atoms with Crippen molar-refractivity contribution in [2.45, 2.75) is 6.04 Å². The summed E-state index contributed by atoms with van der Waals surface area (Å²) in [5.74, 6) is -0.322. The van der Waals surface area contributed by atoms with E-state index in [0.717, 1.165) is 0 Å². The Morgan fingerprint density at radius 2 is 1.69 bits per heavy atom. The third-order valence-electron chi connectivity index (χ3n) is 4.83. The summed E-state index contributed by atoms with van der Waals surface area (Å²) in [6.45, 7) is 7.80. The number of furan rings is 1. The number of carbonyl (C=O) groups excluding carboxylic acids is 2. The lowest BCUT2D eigenvalue weighted by Gasteiger charge is -2.22. The molecule has 36 heavy (non-hydrogen) atoms. The Kier molecular flexibility index (Phi) is 8.88. The van der Waals surface area contributed by atoms with Crippen LogP contribution in [0, 0.1) is 5.41 Å². The molecule has 0 spiro atoms. The van der Waals surface area contributed by atoms with Gasteiger partial charge >= 0.3 is 5.91 Å². The molecule has 1 aromatic heterocycles. The number of hydrogen-bond acceptors (Lipinski definition) is 7. The van der Waals surface area contributed by atoms with Gasteiger partial charge in [0.2, 0.25) is 0 Å². The molecule has 0 fully saturated rings. The highest BCUT2D eigenvalue weighted by Gasteiger charge is 2.23.